The minimum atomic E-state index is -0.325. The maximum absolute atomic E-state index is 12.9. The molecule has 0 heterocycles. The van der Waals surface area contributed by atoms with Crippen LogP contribution in [0.4, 0.5) is 0 Å². The summed E-state index contributed by atoms with van der Waals surface area (Å²) in [6, 6.07) is 36.4. The van der Waals surface area contributed by atoms with Gasteiger partial charge in [-0.3, -0.25) is 4.79 Å². The molecule has 3 nitrogen and oxygen atoms in total. The van der Waals surface area contributed by atoms with Crippen molar-refractivity contribution in [3.8, 4) is 11.8 Å². The second kappa shape index (κ2) is 11.1. The summed E-state index contributed by atoms with van der Waals surface area (Å²) in [5, 5.41) is 10.2. The Kier molecular flexibility index (Phi) is 7.55. The van der Waals surface area contributed by atoms with Crippen molar-refractivity contribution in [2.45, 2.75) is 12.3 Å². The number of esters is 1. The molecule has 0 unspecified atom stereocenters. The zero-order chi connectivity index (χ0) is 23.8. The first-order chi connectivity index (χ1) is 16.6. The first-order valence-corrected chi connectivity index (χ1v) is 11.3. The summed E-state index contributed by atoms with van der Waals surface area (Å²) in [5.74, 6) is 0.00203. The van der Waals surface area contributed by atoms with Gasteiger partial charge in [-0.1, -0.05) is 96.5 Å². The predicted molar refractivity (Wildman–Crippen MR) is 136 cm³/mol. The van der Waals surface area contributed by atoms with Gasteiger partial charge in [-0.05, 0) is 52.6 Å². The van der Waals surface area contributed by atoms with Crippen molar-refractivity contribution in [2.75, 3.05) is 0 Å². The highest BCUT2D eigenvalue weighted by atomic mass is 35.5. The fraction of sp³-hybridized carbons (Fsp3) is 0.0667. The number of rotatable bonds is 7. The van der Waals surface area contributed by atoms with Crippen LogP contribution in [0, 0.1) is 11.3 Å². The van der Waals surface area contributed by atoms with E-state index < -0.39 is 0 Å². The van der Waals surface area contributed by atoms with E-state index in [1.807, 2.05) is 72.8 Å². The SMILES string of the molecule is N#C/C(=C/c1cccc(OC(=O)CC(c2ccccc2)c2ccccc2)c1)c1cccc(Cl)c1. The molecule has 0 atom stereocenters. The highest BCUT2D eigenvalue weighted by molar-refractivity contribution is 6.30. The largest absolute Gasteiger partial charge is 0.426 e. The normalized spacial score (nSPS) is 11.1. The number of nitriles is 1. The predicted octanol–water partition coefficient (Wildman–Crippen LogP) is 7.53. The molecule has 4 heteroatoms. The molecule has 0 aromatic heterocycles. The molecular formula is C30H22ClNO2. The Bertz CT molecular complexity index is 1300. The van der Waals surface area contributed by atoms with Gasteiger partial charge in [0.2, 0.25) is 0 Å². The van der Waals surface area contributed by atoms with E-state index in [1.165, 1.54) is 0 Å². The maximum atomic E-state index is 12.9. The number of benzene rings is 4. The summed E-state index contributed by atoms with van der Waals surface area (Å²) >= 11 is 6.07. The van der Waals surface area contributed by atoms with Crippen LogP contribution in [0.3, 0.4) is 0 Å². The van der Waals surface area contributed by atoms with Gasteiger partial charge in [-0.2, -0.15) is 5.26 Å². The van der Waals surface area contributed by atoms with Crippen LogP contribution >= 0.6 is 11.6 Å². The molecule has 4 rings (SSSR count). The Labute approximate surface area is 204 Å². The van der Waals surface area contributed by atoms with Gasteiger partial charge in [0.1, 0.15) is 5.75 Å². The standard InChI is InChI=1S/C30H22ClNO2/c31-27-15-8-14-25(19-27)26(21-32)17-22-9-7-16-28(18-22)34-30(33)20-29(23-10-3-1-4-11-23)24-12-5-2-6-13-24/h1-19,29H,20H2/b26-17-. The number of halogens is 1. The van der Waals surface area contributed by atoms with E-state index in [2.05, 4.69) is 6.07 Å². The van der Waals surface area contributed by atoms with E-state index in [-0.39, 0.29) is 18.3 Å². The van der Waals surface area contributed by atoms with E-state index in [4.69, 9.17) is 16.3 Å². The third-order valence-electron chi connectivity index (χ3n) is 5.43. The average molecular weight is 464 g/mol. The van der Waals surface area contributed by atoms with Crippen molar-refractivity contribution in [3.05, 3.63) is 136 Å². The van der Waals surface area contributed by atoms with Crippen LogP contribution in [0.2, 0.25) is 5.02 Å². The topological polar surface area (TPSA) is 50.1 Å². The van der Waals surface area contributed by atoms with E-state index >= 15 is 0 Å². The Hall–Kier alpha value is -4.13. The van der Waals surface area contributed by atoms with Crippen molar-refractivity contribution < 1.29 is 9.53 Å². The van der Waals surface area contributed by atoms with Crippen LogP contribution in [0.25, 0.3) is 11.6 Å². The van der Waals surface area contributed by atoms with Gasteiger partial charge in [-0.15, -0.1) is 0 Å². The fourth-order valence-electron chi connectivity index (χ4n) is 3.81. The van der Waals surface area contributed by atoms with Crippen LogP contribution in [-0.2, 0) is 4.79 Å². The first kappa shape index (κ1) is 23.0. The van der Waals surface area contributed by atoms with Crippen molar-refractivity contribution in [2.24, 2.45) is 0 Å². The fourth-order valence-corrected chi connectivity index (χ4v) is 4.00. The van der Waals surface area contributed by atoms with Crippen LogP contribution < -0.4 is 4.74 Å². The van der Waals surface area contributed by atoms with E-state index in [1.54, 1.807) is 42.5 Å². The number of hydrogen-bond acceptors (Lipinski definition) is 3. The van der Waals surface area contributed by atoms with E-state index in [0.29, 0.717) is 16.3 Å². The molecule has 0 saturated heterocycles. The Balaban J connectivity index is 1.53. The number of nitrogens with zero attached hydrogens (tertiary/aromatic N) is 1. The molecule has 0 spiro atoms. The quantitative estimate of drug-likeness (QED) is 0.123. The van der Waals surface area contributed by atoms with E-state index in [9.17, 15) is 10.1 Å². The number of ether oxygens (including phenoxy) is 1. The molecule has 0 aliphatic carbocycles. The first-order valence-electron chi connectivity index (χ1n) is 10.9. The number of carbonyl (C=O) groups excluding carboxylic acids is 1. The number of allylic oxidation sites excluding steroid dienone is 1. The van der Waals surface area contributed by atoms with Gasteiger partial charge in [0, 0.05) is 10.9 Å². The summed E-state index contributed by atoms with van der Waals surface area (Å²) < 4.78 is 5.70. The Morgan fingerprint density at radius 1 is 0.853 bits per heavy atom. The van der Waals surface area contributed by atoms with Crippen molar-refractivity contribution in [1.82, 2.24) is 0 Å². The second-order valence-electron chi connectivity index (χ2n) is 7.80. The molecule has 4 aromatic rings. The minimum Gasteiger partial charge on any atom is -0.426 e. The highest BCUT2D eigenvalue weighted by Gasteiger charge is 2.19. The number of carbonyl (C=O) groups is 1. The molecule has 0 saturated carbocycles. The van der Waals surface area contributed by atoms with Crippen LogP contribution in [0.15, 0.2) is 109 Å². The number of hydrogen-bond donors (Lipinski definition) is 0. The molecular weight excluding hydrogens is 442 g/mol. The minimum absolute atomic E-state index is 0.106. The summed E-state index contributed by atoms with van der Waals surface area (Å²) in [4.78, 5) is 12.9. The van der Waals surface area contributed by atoms with Gasteiger partial charge < -0.3 is 4.74 Å². The average Bonchev–Trinajstić information content (AvgIpc) is 2.87. The van der Waals surface area contributed by atoms with Gasteiger partial charge in [0.15, 0.2) is 0 Å². The lowest BCUT2D eigenvalue weighted by atomic mass is 9.88. The van der Waals surface area contributed by atoms with Gasteiger partial charge in [0.05, 0.1) is 18.1 Å². The Morgan fingerprint density at radius 2 is 1.50 bits per heavy atom. The molecule has 0 aliphatic rings. The van der Waals surface area contributed by atoms with Crippen LogP contribution in [-0.4, -0.2) is 5.97 Å². The summed E-state index contributed by atoms with van der Waals surface area (Å²) in [6.45, 7) is 0. The molecule has 0 N–H and O–H groups in total. The summed E-state index contributed by atoms with van der Waals surface area (Å²) in [6.07, 6.45) is 1.96. The highest BCUT2D eigenvalue weighted by Crippen LogP contribution is 2.29. The van der Waals surface area contributed by atoms with Crippen molar-refractivity contribution in [3.63, 3.8) is 0 Å². The molecule has 0 fully saturated rings. The monoisotopic (exact) mass is 463 g/mol. The third-order valence-corrected chi connectivity index (χ3v) is 5.67. The molecule has 0 amide bonds. The van der Waals surface area contributed by atoms with Crippen molar-refractivity contribution in [1.29, 1.82) is 5.26 Å². The van der Waals surface area contributed by atoms with Crippen molar-refractivity contribution >= 4 is 29.2 Å². The summed E-state index contributed by atoms with van der Waals surface area (Å²) in [7, 11) is 0. The lowest BCUT2D eigenvalue weighted by molar-refractivity contribution is -0.134. The lowest BCUT2D eigenvalue weighted by Gasteiger charge is -2.17. The van der Waals surface area contributed by atoms with Gasteiger partial charge in [-0.25, -0.2) is 0 Å². The molecule has 166 valence electrons. The smallest absolute Gasteiger partial charge is 0.312 e. The van der Waals surface area contributed by atoms with Gasteiger partial charge >= 0.3 is 5.97 Å². The van der Waals surface area contributed by atoms with Gasteiger partial charge in [0.25, 0.3) is 0 Å². The third kappa shape index (κ3) is 6.01. The van der Waals surface area contributed by atoms with Crippen LogP contribution in [0.1, 0.15) is 34.6 Å². The molecule has 0 aliphatic heterocycles. The Morgan fingerprint density at radius 3 is 2.12 bits per heavy atom. The maximum Gasteiger partial charge on any atom is 0.312 e. The lowest BCUT2D eigenvalue weighted by Crippen LogP contribution is -2.14. The molecule has 4 aromatic carbocycles. The molecule has 34 heavy (non-hydrogen) atoms. The summed E-state index contributed by atoms with van der Waals surface area (Å²) in [5.41, 5.74) is 4.07. The van der Waals surface area contributed by atoms with Crippen LogP contribution in [0.5, 0.6) is 5.75 Å². The molecule has 0 radical (unpaired) electrons. The zero-order valence-corrected chi connectivity index (χ0v) is 19.2. The zero-order valence-electron chi connectivity index (χ0n) is 18.4. The van der Waals surface area contributed by atoms with E-state index in [0.717, 1.165) is 22.3 Å². The second-order valence-corrected chi connectivity index (χ2v) is 8.24. The molecule has 0 bridgehead atoms.